The molecule has 0 fully saturated rings. The summed E-state index contributed by atoms with van der Waals surface area (Å²) in [6.07, 6.45) is 12.0. The molecule has 0 radical (unpaired) electrons. The number of rotatable bonds is 33. The summed E-state index contributed by atoms with van der Waals surface area (Å²) in [6, 6.07) is 82.8. The largest absolute Gasteiger partial charge is 0.487 e. The highest BCUT2D eigenvalue weighted by Gasteiger charge is 2.34. The number of aromatic carboxylic acids is 1. The minimum absolute atomic E-state index is 0.0376. The first-order chi connectivity index (χ1) is 63.8. The fourth-order valence-electron chi connectivity index (χ4n) is 13.7. The van der Waals surface area contributed by atoms with Crippen molar-refractivity contribution in [1.29, 1.82) is 0 Å². The summed E-state index contributed by atoms with van der Waals surface area (Å²) in [5.74, 6) is -4.91. The summed E-state index contributed by atoms with van der Waals surface area (Å²) in [5.41, 5.74) is 14.7. The molecule has 0 spiro atoms. The van der Waals surface area contributed by atoms with E-state index in [1.165, 1.54) is 35.8 Å². The van der Waals surface area contributed by atoms with Crippen molar-refractivity contribution in [2.24, 2.45) is 0 Å². The van der Waals surface area contributed by atoms with Gasteiger partial charge in [0.15, 0.2) is 11.4 Å². The van der Waals surface area contributed by atoms with Gasteiger partial charge in [0, 0.05) is 22.1 Å². The van der Waals surface area contributed by atoms with Gasteiger partial charge in [0.1, 0.15) is 35.1 Å². The number of para-hydroxylation sites is 1. The molecule has 7 heterocycles. The van der Waals surface area contributed by atoms with Crippen LogP contribution in [0.1, 0.15) is 119 Å². The molecule has 0 saturated carbocycles. The van der Waals surface area contributed by atoms with E-state index in [0.717, 1.165) is 82.9 Å². The first-order valence-electron chi connectivity index (χ1n) is 42.0. The highest BCUT2D eigenvalue weighted by molar-refractivity contribution is 7.08. The number of thiophene rings is 1. The maximum absolute atomic E-state index is 11.5. The first-order valence-corrected chi connectivity index (χ1v) is 42.9. The number of carbonyl (C=O) groups is 2. The molecule has 0 aliphatic heterocycles. The van der Waals surface area contributed by atoms with Crippen LogP contribution in [0.25, 0.3) is 33.8 Å². The third-order valence-corrected chi connectivity index (χ3v) is 21.1. The van der Waals surface area contributed by atoms with Crippen LogP contribution in [0.4, 0.5) is 0 Å². The number of hydrogen-bond donors (Lipinski definition) is 13. The Hall–Kier alpha value is -13.8. The second-order valence-electron chi connectivity index (χ2n) is 30.5. The van der Waals surface area contributed by atoms with Gasteiger partial charge in [0.2, 0.25) is 0 Å². The molecule has 42 heteroatoms. The quantitative estimate of drug-likeness (QED) is 0.0137. The van der Waals surface area contributed by atoms with E-state index in [2.05, 4.69) is 61.9 Å². The highest BCUT2D eigenvalue weighted by Crippen LogP contribution is 2.27. The van der Waals surface area contributed by atoms with Crippen LogP contribution in [0.5, 0.6) is 5.75 Å². The molecule has 13 N–H and O–H groups in total. The minimum Gasteiger partial charge on any atom is -0.487 e. The van der Waals surface area contributed by atoms with Gasteiger partial charge < -0.3 is 74.9 Å². The molecule has 9 aromatic carbocycles. The van der Waals surface area contributed by atoms with Crippen molar-refractivity contribution in [3.8, 4) is 39.5 Å². The first kappa shape index (κ1) is 98.8. The molecule has 0 aliphatic carbocycles. The molecular weight excluding hydrogens is 1700 g/mol. The monoisotopic (exact) mass is 1800 g/mol. The van der Waals surface area contributed by atoms with Gasteiger partial charge in [-0.15, -0.1) is 30.6 Å². The highest BCUT2D eigenvalue weighted by atomic mass is 32.1. The molecule has 0 saturated heterocycles. The van der Waals surface area contributed by atoms with Crippen molar-refractivity contribution in [3.63, 3.8) is 0 Å². The van der Waals surface area contributed by atoms with Gasteiger partial charge in [0.05, 0.1) is 79.4 Å². The van der Waals surface area contributed by atoms with Crippen molar-refractivity contribution >= 4 is 66.0 Å². The third kappa shape index (κ3) is 30.4. The Bertz CT molecular complexity index is 6080. The van der Waals surface area contributed by atoms with E-state index >= 15 is 0 Å². The van der Waals surface area contributed by atoms with Gasteiger partial charge in [-0.2, -0.15) is 11.3 Å². The van der Waals surface area contributed by atoms with Crippen LogP contribution in [-0.2, 0) is 49.9 Å². The van der Waals surface area contributed by atoms with Gasteiger partial charge in [-0.25, -0.2) is 9.59 Å². The van der Waals surface area contributed by atoms with Gasteiger partial charge in [-0.05, 0) is 123 Å². The standard InChI is InChI=1S/C18H20BN3O3.C17H18BN3O2.C16H16BN3O2.C15H16BN3O2S.C13H16BN3O4.C11H12BN3O4/c1-14-6-5-7-15(10-14)11-18(19(23)24)22-12-16(20-21-22)13-25-17-8-3-2-4-9-17;1-13-6-5-7-14(10-13)11-17(18(22)23)21-12-16(19-20-21)15-8-3-2-4-9-15;21-17(22)16(11-13-7-3-1-4-8-13)20-12-15(18-19-20)14-9-5-2-6-10-14;1-11-3-2-4-12(7-11)8-15(16(20)21)19-9-14(17-18-19)13-5-6-22-10-13;1-2-21-13(18)11-9-17(16-15-11)12(14(19)20)8-10-6-4-3-5-7-10;16-11(17)9-7-15(14-13-9)10(12(18)19)6-8-4-2-1-3-5-8/h2-10,12,18,23-24H,11,13H2,1H3;2-10,12,17,22-23H,11H2,1H3;1-10,12,16,21-22H,11H2;2-7,9-10,15,20-21H,8H2,1H3;3-7,9,12,19-20H,2,8H2,1H3;1-5,7,10,18-19H,6H2,(H,16,17). The lowest BCUT2D eigenvalue weighted by Gasteiger charge is -2.16. The summed E-state index contributed by atoms with van der Waals surface area (Å²) in [6.45, 7) is 8.22. The topological polar surface area (TPSA) is 500 Å². The Kier molecular flexibility index (Phi) is 37.7. The number of carboxylic acids is 1. The number of carboxylic acid groups (broad SMARTS) is 1. The number of ether oxygens (including phenoxy) is 2. The van der Waals surface area contributed by atoms with Crippen molar-refractivity contribution in [2.45, 2.75) is 108 Å². The second-order valence-corrected chi connectivity index (χ2v) is 31.3. The van der Waals surface area contributed by atoms with E-state index in [1.807, 2.05) is 292 Å². The number of aryl methyl sites for hydroxylation is 3. The molecule has 16 rings (SSSR count). The zero-order chi connectivity index (χ0) is 93.8. The predicted molar refractivity (Wildman–Crippen MR) is 498 cm³/mol. The molecule has 35 nitrogen and oxygen atoms in total. The van der Waals surface area contributed by atoms with E-state index in [-0.39, 0.29) is 24.6 Å². The summed E-state index contributed by atoms with van der Waals surface area (Å²) in [4.78, 5) is 22.3. The van der Waals surface area contributed by atoms with E-state index in [9.17, 15) is 69.9 Å². The lowest BCUT2D eigenvalue weighted by molar-refractivity contribution is 0.0518. The van der Waals surface area contributed by atoms with Crippen LogP contribution in [0.2, 0.25) is 0 Å². The van der Waals surface area contributed by atoms with Crippen LogP contribution in [0.3, 0.4) is 0 Å². The van der Waals surface area contributed by atoms with Gasteiger partial charge in [-0.3, -0.25) is 28.1 Å². The molecule has 0 bridgehead atoms. The van der Waals surface area contributed by atoms with Crippen LogP contribution < -0.4 is 4.74 Å². The smallest absolute Gasteiger partial charge is 0.478 e. The second kappa shape index (κ2) is 50.4. The molecule has 0 amide bonds. The molecule has 6 unspecified atom stereocenters. The number of carbonyl (C=O) groups excluding carboxylic acids is 1. The van der Waals surface area contributed by atoms with E-state index in [0.29, 0.717) is 55.6 Å². The Morgan fingerprint density at radius 3 is 0.955 bits per heavy atom. The maximum atomic E-state index is 11.5. The predicted octanol–water partition coefficient (Wildman–Crippen LogP) is 7.89. The van der Waals surface area contributed by atoms with Crippen molar-refractivity contribution in [1.82, 2.24) is 90.0 Å². The van der Waals surface area contributed by atoms with Crippen molar-refractivity contribution < 1.29 is 84.5 Å². The van der Waals surface area contributed by atoms with Crippen molar-refractivity contribution in [3.05, 3.63) is 376 Å². The number of benzene rings is 9. The molecule has 132 heavy (non-hydrogen) atoms. The lowest BCUT2D eigenvalue weighted by atomic mass is 9.76. The molecule has 674 valence electrons. The number of esters is 1. The van der Waals surface area contributed by atoms with Crippen LogP contribution >= 0.6 is 11.3 Å². The maximum Gasteiger partial charge on any atom is 0.478 e. The van der Waals surface area contributed by atoms with Gasteiger partial charge in [-0.1, -0.05) is 291 Å². The Morgan fingerprint density at radius 2 is 0.629 bits per heavy atom. The Labute approximate surface area is 766 Å². The molecule has 7 aromatic heterocycles. The van der Waals surface area contributed by atoms with Crippen LogP contribution in [0, 0.1) is 20.8 Å². The minimum atomic E-state index is -1.66. The number of hydrogen-bond acceptors (Lipinski definition) is 29. The summed E-state index contributed by atoms with van der Waals surface area (Å²) >= 11 is 1.59. The molecule has 0 aliphatic rings. The fourth-order valence-corrected chi connectivity index (χ4v) is 14.3. The molecule has 16 aromatic rings. The van der Waals surface area contributed by atoms with E-state index in [4.69, 9.17) is 14.6 Å². The SMILES string of the molecule is CCOC(=O)c1cn(C(Cc2ccccc2)B(O)O)nn1.Cc1cccc(CC(B(O)O)n2cc(-c3ccccc3)nn2)c1.Cc1cccc(CC(B(O)O)n2cc(-c3ccsc3)nn2)c1.Cc1cccc(CC(B(O)O)n2cc(COc3ccccc3)nn2)c1.O=C(O)c1cn(C(Cc2ccccc2)B(O)O)nn1.OB(O)C(Cc1ccccc1)n1cc(-c2ccccc2)nn1. The van der Waals surface area contributed by atoms with Crippen LogP contribution in [0.15, 0.2) is 309 Å². The number of aromatic nitrogens is 18. The summed E-state index contributed by atoms with van der Waals surface area (Å²) in [7, 11) is -9.35. The van der Waals surface area contributed by atoms with Crippen molar-refractivity contribution in [2.75, 3.05) is 6.61 Å². The fraction of sp³-hybridized carbons (Fsp3) is 0.200. The Balaban J connectivity index is 0.000000153. The normalized spacial score (nSPS) is 12.1. The summed E-state index contributed by atoms with van der Waals surface area (Å²) in [5, 5.41) is 176. The Morgan fingerprint density at radius 1 is 0.333 bits per heavy atom. The van der Waals surface area contributed by atoms with E-state index < -0.39 is 90.3 Å². The zero-order valence-corrected chi connectivity index (χ0v) is 73.3. The zero-order valence-electron chi connectivity index (χ0n) is 72.4. The molecular formula is C90H98B6N18O17S. The number of nitrogens with zero attached hydrogens (tertiary/aromatic N) is 18. The summed E-state index contributed by atoms with van der Waals surface area (Å²) < 4.78 is 18.9. The van der Waals surface area contributed by atoms with Gasteiger partial charge in [0.25, 0.3) is 0 Å². The average molecular weight is 1800 g/mol. The molecule has 6 atom stereocenters. The van der Waals surface area contributed by atoms with E-state index in [1.54, 1.807) is 43.0 Å². The average Bonchev–Trinajstić information content (AvgIpc) is 1.71. The lowest BCUT2D eigenvalue weighted by Crippen LogP contribution is -2.31. The van der Waals surface area contributed by atoms with Crippen LogP contribution in [-0.4, -0.2) is 217 Å². The third-order valence-electron chi connectivity index (χ3n) is 20.4. The van der Waals surface area contributed by atoms with Gasteiger partial charge >= 0.3 is 54.6 Å².